The Kier molecular flexibility index (Phi) is 4.51. The summed E-state index contributed by atoms with van der Waals surface area (Å²) in [6.07, 6.45) is -1.63. The second-order valence-electron chi connectivity index (χ2n) is 6.78. The standard InChI is InChI=1S/C18H18F2N2O4S/c19-17(20)3-4-18(23)21-8-13-10-22(11-14(13)9-21)27(24,25)15-1-2-16-12(7-15)5-6-26-16/h1-2,5-7,17H,3-4,8-11H2. The average Bonchev–Trinajstić information content (AvgIpc) is 3.32. The lowest BCUT2D eigenvalue weighted by Crippen LogP contribution is -2.36. The molecular formula is C18H18F2N2O4S. The van der Waals surface area contributed by atoms with Gasteiger partial charge in [-0.15, -0.1) is 0 Å². The van der Waals surface area contributed by atoms with Gasteiger partial charge in [-0.1, -0.05) is 0 Å². The zero-order valence-corrected chi connectivity index (χ0v) is 15.2. The van der Waals surface area contributed by atoms with E-state index < -0.39 is 22.9 Å². The molecule has 4 rings (SSSR count). The highest BCUT2D eigenvalue weighted by Gasteiger charge is 2.37. The van der Waals surface area contributed by atoms with E-state index in [0.29, 0.717) is 24.1 Å². The first-order chi connectivity index (χ1) is 12.8. The smallest absolute Gasteiger partial charge is 0.243 e. The lowest BCUT2D eigenvalue weighted by atomic mass is 10.2. The van der Waals surface area contributed by atoms with Gasteiger partial charge in [-0.25, -0.2) is 17.2 Å². The molecule has 9 heteroatoms. The Morgan fingerprint density at radius 3 is 2.48 bits per heavy atom. The van der Waals surface area contributed by atoms with Crippen LogP contribution in [0.3, 0.4) is 0 Å². The number of amides is 1. The molecule has 6 nitrogen and oxygen atoms in total. The maximum atomic E-state index is 12.9. The first-order valence-corrected chi connectivity index (χ1v) is 10.0. The maximum Gasteiger partial charge on any atom is 0.243 e. The molecule has 2 aromatic rings. The summed E-state index contributed by atoms with van der Waals surface area (Å²) < 4.78 is 57.0. The highest BCUT2D eigenvalue weighted by molar-refractivity contribution is 7.89. The van der Waals surface area contributed by atoms with Crippen LogP contribution in [-0.4, -0.2) is 56.1 Å². The van der Waals surface area contributed by atoms with Gasteiger partial charge in [0.1, 0.15) is 5.58 Å². The van der Waals surface area contributed by atoms with Crippen molar-refractivity contribution in [2.45, 2.75) is 24.2 Å². The summed E-state index contributed by atoms with van der Waals surface area (Å²) in [5, 5.41) is 0.714. The van der Waals surface area contributed by atoms with Crippen molar-refractivity contribution in [1.82, 2.24) is 9.21 Å². The van der Waals surface area contributed by atoms with Crippen molar-refractivity contribution in [2.75, 3.05) is 26.2 Å². The second-order valence-corrected chi connectivity index (χ2v) is 8.72. The number of benzene rings is 1. The molecular weight excluding hydrogens is 378 g/mol. The molecule has 0 spiro atoms. The summed E-state index contributed by atoms with van der Waals surface area (Å²) in [6, 6.07) is 6.44. The van der Waals surface area contributed by atoms with Gasteiger partial charge in [0, 0.05) is 44.4 Å². The minimum Gasteiger partial charge on any atom is -0.464 e. The minimum atomic E-state index is -3.66. The third-order valence-electron chi connectivity index (χ3n) is 4.99. The van der Waals surface area contributed by atoms with Gasteiger partial charge in [0.2, 0.25) is 22.4 Å². The molecule has 144 valence electrons. The van der Waals surface area contributed by atoms with Gasteiger partial charge in [-0.3, -0.25) is 4.79 Å². The quantitative estimate of drug-likeness (QED) is 0.729. The number of furan rings is 1. The van der Waals surface area contributed by atoms with Crippen molar-refractivity contribution in [3.8, 4) is 0 Å². The first-order valence-electron chi connectivity index (χ1n) is 8.57. The van der Waals surface area contributed by atoms with Crippen LogP contribution < -0.4 is 0 Å². The van der Waals surface area contributed by atoms with Crippen LogP contribution in [0.4, 0.5) is 8.78 Å². The lowest BCUT2D eigenvalue weighted by molar-refractivity contribution is -0.130. The number of alkyl halides is 2. The summed E-state index contributed by atoms with van der Waals surface area (Å²) in [7, 11) is -3.66. The summed E-state index contributed by atoms with van der Waals surface area (Å²) in [4.78, 5) is 13.7. The number of hydrogen-bond acceptors (Lipinski definition) is 4. The van der Waals surface area contributed by atoms with E-state index >= 15 is 0 Å². The highest BCUT2D eigenvalue weighted by atomic mass is 32.2. The van der Waals surface area contributed by atoms with E-state index in [0.717, 1.165) is 11.1 Å². The van der Waals surface area contributed by atoms with E-state index in [1.807, 2.05) is 0 Å². The van der Waals surface area contributed by atoms with Crippen molar-refractivity contribution < 1.29 is 26.4 Å². The molecule has 0 N–H and O–H groups in total. The fourth-order valence-corrected chi connectivity index (χ4v) is 5.00. The number of nitrogens with zero attached hydrogens (tertiary/aromatic N) is 2. The highest BCUT2D eigenvalue weighted by Crippen LogP contribution is 2.31. The van der Waals surface area contributed by atoms with Crippen molar-refractivity contribution in [1.29, 1.82) is 0 Å². The van der Waals surface area contributed by atoms with Gasteiger partial charge in [0.15, 0.2) is 0 Å². The summed E-state index contributed by atoms with van der Waals surface area (Å²) >= 11 is 0. The molecule has 0 radical (unpaired) electrons. The van der Waals surface area contributed by atoms with Crippen LogP contribution in [-0.2, 0) is 14.8 Å². The predicted octanol–water partition coefficient (Wildman–Crippen LogP) is 2.62. The number of carbonyl (C=O) groups excluding carboxylic acids is 1. The Bertz CT molecular complexity index is 1010. The fourth-order valence-electron chi connectivity index (χ4n) is 3.54. The molecule has 0 fully saturated rings. The van der Waals surface area contributed by atoms with E-state index in [-0.39, 0.29) is 30.3 Å². The van der Waals surface area contributed by atoms with Crippen LogP contribution in [0.1, 0.15) is 12.8 Å². The molecule has 1 aromatic carbocycles. The van der Waals surface area contributed by atoms with Crippen LogP contribution in [0, 0.1) is 0 Å². The normalized spacial score (nSPS) is 18.1. The molecule has 0 saturated carbocycles. The molecule has 0 aliphatic carbocycles. The summed E-state index contributed by atoms with van der Waals surface area (Å²) in [5.41, 5.74) is 2.38. The zero-order valence-electron chi connectivity index (χ0n) is 14.4. The van der Waals surface area contributed by atoms with Crippen molar-refractivity contribution >= 4 is 26.9 Å². The Labute approximate surface area is 155 Å². The number of fused-ring (bicyclic) bond motifs is 1. The number of carbonyl (C=O) groups is 1. The van der Waals surface area contributed by atoms with Crippen LogP contribution in [0.15, 0.2) is 51.0 Å². The minimum absolute atomic E-state index is 0.190. The molecule has 2 aliphatic rings. The molecule has 0 bridgehead atoms. The molecule has 27 heavy (non-hydrogen) atoms. The van der Waals surface area contributed by atoms with Gasteiger partial charge in [0.25, 0.3) is 0 Å². The molecule has 0 atom stereocenters. The van der Waals surface area contributed by atoms with Gasteiger partial charge in [-0.2, -0.15) is 4.31 Å². The third-order valence-corrected chi connectivity index (χ3v) is 6.78. The van der Waals surface area contributed by atoms with E-state index in [1.54, 1.807) is 18.2 Å². The zero-order chi connectivity index (χ0) is 19.2. The number of hydrogen-bond donors (Lipinski definition) is 0. The molecule has 1 aromatic heterocycles. The predicted molar refractivity (Wildman–Crippen MR) is 93.8 cm³/mol. The third kappa shape index (κ3) is 3.37. The second kappa shape index (κ2) is 6.72. The van der Waals surface area contributed by atoms with Crippen LogP contribution in [0.25, 0.3) is 11.0 Å². The summed E-state index contributed by atoms with van der Waals surface area (Å²) in [6.45, 7) is 1.06. The van der Waals surface area contributed by atoms with E-state index in [1.165, 1.54) is 21.5 Å². The molecule has 0 unspecified atom stereocenters. The Balaban J connectivity index is 1.43. The van der Waals surface area contributed by atoms with Gasteiger partial charge in [-0.05, 0) is 35.4 Å². The van der Waals surface area contributed by atoms with Crippen LogP contribution in [0.5, 0.6) is 0 Å². The molecule has 2 aliphatic heterocycles. The van der Waals surface area contributed by atoms with E-state index in [4.69, 9.17) is 4.42 Å². The summed E-state index contributed by atoms with van der Waals surface area (Å²) in [5.74, 6) is -0.315. The van der Waals surface area contributed by atoms with Gasteiger partial charge in [0.05, 0.1) is 11.2 Å². The van der Waals surface area contributed by atoms with Gasteiger partial charge < -0.3 is 9.32 Å². The topological polar surface area (TPSA) is 70.8 Å². The molecule has 0 saturated heterocycles. The molecule has 3 heterocycles. The Morgan fingerprint density at radius 1 is 1.11 bits per heavy atom. The van der Waals surface area contributed by atoms with Crippen LogP contribution >= 0.6 is 0 Å². The number of sulfonamides is 1. The van der Waals surface area contributed by atoms with Crippen molar-refractivity contribution in [3.63, 3.8) is 0 Å². The van der Waals surface area contributed by atoms with Crippen molar-refractivity contribution in [2.24, 2.45) is 0 Å². The Hall–Kier alpha value is -2.26. The van der Waals surface area contributed by atoms with E-state index in [9.17, 15) is 22.0 Å². The van der Waals surface area contributed by atoms with Crippen LogP contribution in [0.2, 0.25) is 0 Å². The Morgan fingerprint density at radius 2 is 1.81 bits per heavy atom. The maximum absolute atomic E-state index is 12.9. The van der Waals surface area contributed by atoms with E-state index in [2.05, 4.69) is 0 Å². The molecule has 1 amide bonds. The number of halogens is 2. The largest absolute Gasteiger partial charge is 0.464 e. The van der Waals surface area contributed by atoms with Crippen molar-refractivity contribution in [3.05, 3.63) is 41.7 Å². The lowest BCUT2D eigenvalue weighted by Gasteiger charge is -2.23. The SMILES string of the molecule is O=C(CCC(F)F)N1CC2=C(C1)CN(S(=O)(=O)c1ccc3occc3c1)C2. The fraction of sp³-hybridized carbons (Fsp3) is 0.389. The first kappa shape index (κ1) is 18.1. The average molecular weight is 396 g/mol. The van der Waals surface area contributed by atoms with Gasteiger partial charge >= 0.3 is 0 Å². The monoisotopic (exact) mass is 396 g/mol. The number of rotatable bonds is 5.